The second kappa shape index (κ2) is 4.85. The Bertz CT molecular complexity index is 775. The molecular weight excluding hydrogens is 258 g/mol. The monoisotopic (exact) mass is 271 g/mol. The van der Waals surface area contributed by atoms with Crippen molar-refractivity contribution >= 4 is 23.4 Å². The number of aromatic nitrogens is 3. The molecule has 1 aromatic carbocycles. The highest BCUT2D eigenvalue weighted by Crippen LogP contribution is 2.21. The number of H-pyrrole nitrogens is 1. The van der Waals surface area contributed by atoms with Crippen molar-refractivity contribution in [1.82, 2.24) is 14.5 Å². The Hall–Kier alpha value is -2.14. The van der Waals surface area contributed by atoms with Crippen LogP contribution in [0.5, 0.6) is 5.75 Å². The lowest BCUT2D eigenvalue weighted by molar-refractivity contribution is 0.340. The Kier molecular flexibility index (Phi) is 3.05. The number of ether oxygens (including phenoxy) is 1. The summed E-state index contributed by atoms with van der Waals surface area (Å²) in [5, 5.41) is 0. The Morgan fingerprint density at radius 2 is 2.21 bits per heavy atom. The Balaban J connectivity index is 2.21. The first-order valence-electron chi connectivity index (χ1n) is 6.08. The predicted octanol–water partition coefficient (Wildman–Crippen LogP) is 3.48. The van der Waals surface area contributed by atoms with Crippen molar-refractivity contribution in [3.8, 4) is 11.4 Å². The second-order valence-electron chi connectivity index (χ2n) is 4.07. The van der Waals surface area contributed by atoms with E-state index in [1.807, 2.05) is 47.9 Å². The summed E-state index contributed by atoms with van der Waals surface area (Å²) in [4.78, 5) is 7.53. The molecule has 0 bridgehead atoms. The van der Waals surface area contributed by atoms with E-state index in [2.05, 4.69) is 9.97 Å². The zero-order chi connectivity index (χ0) is 13.2. The van der Waals surface area contributed by atoms with Crippen LogP contribution in [-0.4, -0.2) is 21.1 Å². The predicted molar refractivity (Wildman–Crippen MR) is 77.4 cm³/mol. The number of benzene rings is 1. The molecule has 2 heterocycles. The molecule has 0 radical (unpaired) electrons. The van der Waals surface area contributed by atoms with Gasteiger partial charge in [0, 0.05) is 12.3 Å². The van der Waals surface area contributed by atoms with Gasteiger partial charge in [0.15, 0.2) is 10.4 Å². The van der Waals surface area contributed by atoms with Gasteiger partial charge in [0.1, 0.15) is 5.75 Å². The van der Waals surface area contributed by atoms with E-state index in [1.54, 1.807) is 6.20 Å². The molecule has 19 heavy (non-hydrogen) atoms. The van der Waals surface area contributed by atoms with Crippen LogP contribution in [0, 0.1) is 4.77 Å². The largest absolute Gasteiger partial charge is 0.494 e. The maximum Gasteiger partial charge on any atom is 0.184 e. The third-order valence-electron chi connectivity index (χ3n) is 2.83. The van der Waals surface area contributed by atoms with Gasteiger partial charge in [-0.3, -0.25) is 4.57 Å². The molecule has 0 atom stereocenters. The fraction of sp³-hybridized carbons (Fsp3) is 0.143. The van der Waals surface area contributed by atoms with Crippen molar-refractivity contribution < 1.29 is 4.74 Å². The average Bonchev–Trinajstić information content (AvgIpc) is 2.75. The van der Waals surface area contributed by atoms with Gasteiger partial charge in [-0.2, -0.15) is 0 Å². The lowest BCUT2D eigenvalue weighted by Crippen LogP contribution is -1.97. The fourth-order valence-electron chi connectivity index (χ4n) is 2.06. The van der Waals surface area contributed by atoms with Crippen LogP contribution in [0.1, 0.15) is 6.92 Å². The lowest BCUT2D eigenvalue weighted by Gasteiger charge is -2.07. The van der Waals surface area contributed by atoms with Gasteiger partial charge in [0.2, 0.25) is 0 Å². The van der Waals surface area contributed by atoms with Gasteiger partial charge in [0.25, 0.3) is 0 Å². The van der Waals surface area contributed by atoms with Gasteiger partial charge in [-0.15, -0.1) is 0 Å². The smallest absolute Gasteiger partial charge is 0.184 e. The summed E-state index contributed by atoms with van der Waals surface area (Å²) in [5.74, 6) is 0.826. The van der Waals surface area contributed by atoms with Gasteiger partial charge in [-0.1, -0.05) is 6.07 Å². The number of aromatic amines is 1. The molecule has 3 rings (SSSR count). The summed E-state index contributed by atoms with van der Waals surface area (Å²) in [6.45, 7) is 2.60. The van der Waals surface area contributed by atoms with E-state index in [0.29, 0.717) is 11.4 Å². The van der Waals surface area contributed by atoms with Gasteiger partial charge in [-0.25, -0.2) is 4.98 Å². The molecule has 1 N–H and O–H groups in total. The third-order valence-corrected chi connectivity index (χ3v) is 3.11. The van der Waals surface area contributed by atoms with Crippen LogP contribution in [0.4, 0.5) is 0 Å². The van der Waals surface area contributed by atoms with E-state index in [9.17, 15) is 0 Å². The molecule has 0 aliphatic carbocycles. The van der Waals surface area contributed by atoms with E-state index in [1.165, 1.54) is 0 Å². The zero-order valence-electron chi connectivity index (χ0n) is 10.5. The molecule has 0 saturated carbocycles. The van der Waals surface area contributed by atoms with Crippen LogP contribution >= 0.6 is 12.2 Å². The summed E-state index contributed by atoms with van der Waals surface area (Å²) < 4.78 is 8.06. The standard InChI is InChI=1S/C14H13N3OS/c1-2-18-11-6-3-5-10(9-11)17-13-12(16-14(17)19)7-4-8-15-13/h3-9H,2H2,1H3,(H,16,19). The van der Waals surface area contributed by atoms with Gasteiger partial charge < -0.3 is 9.72 Å². The topological polar surface area (TPSA) is 42.8 Å². The molecule has 4 nitrogen and oxygen atoms in total. The number of nitrogens with zero attached hydrogens (tertiary/aromatic N) is 2. The van der Waals surface area contributed by atoms with Gasteiger partial charge in [0.05, 0.1) is 17.8 Å². The molecule has 0 aliphatic heterocycles. The van der Waals surface area contributed by atoms with Crippen LogP contribution in [0.3, 0.4) is 0 Å². The summed E-state index contributed by atoms with van der Waals surface area (Å²) in [5.41, 5.74) is 2.69. The van der Waals surface area contributed by atoms with E-state index in [0.717, 1.165) is 22.6 Å². The number of rotatable bonds is 3. The molecule has 2 aromatic heterocycles. The molecule has 0 spiro atoms. The molecule has 0 fully saturated rings. The fourth-order valence-corrected chi connectivity index (χ4v) is 2.36. The number of pyridine rings is 1. The van der Waals surface area contributed by atoms with Crippen molar-refractivity contribution in [3.05, 3.63) is 47.4 Å². The SMILES string of the molecule is CCOc1cccc(-n2c(=S)[nH]c3cccnc32)c1. The number of hydrogen-bond acceptors (Lipinski definition) is 3. The van der Waals surface area contributed by atoms with E-state index >= 15 is 0 Å². The number of imidazole rings is 1. The highest BCUT2D eigenvalue weighted by Gasteiger charge is 2.07. The molecule has 0 aliphatic rings. The van der Waals surface area contributed by atoms with Crippen LogP contribution in [-0.2, 0) is 0 Å². The third kappa shape index (κ3) is 2.13. The average molecular weight is 271 g/mol. The zero-order valence-corrected chi connectivity index (χ0v) is 11.3. The Morgan fingerprint density at radius 3 is 3.05 bits per heavy atom. The highest BCUT2D eigenvalue weighted by atomic mass is 32.1. The molecule has 0 amide bonds. The molecule has 0 unspecified atom stereocenters. The van der Waals surface area contributed by atoms with Crippen molar-refractivity contribution in [1.29, 1.82) is 0 Å². The van der Waals surface area contributed by atoms with Crippen molar-refractivity contribution in [2.75, 3.05) is 6.61 Å². The first-order valence-corrected chi connectivity index (χ1v) is 6.49. The lowest BCUT2D eigenvalue weighted by atomic mass is 10.3. The second-order valence-corrected chi connectivity index (χ2v) is 4.46. The number of nitrogens with one attached hydrogen (secondary N) is 1. The van der Waals surface area contributed by atoms with Crippen LogP contribution in [0.15, 0.2) is 42.6 Å². The minimum Gasteiger partial charge on any atom is -0.494 e. The van der Waals surface area contributed by atoms with Gasteiger partial charge in [-0.05, 0) is 43.4 Å². The van der Waals surface area contributed by atoms with Crippen molar-refractivity contribution in [2.24, 2.45) is 0 Å². The maximum atomic E-state index is 5.52. The quantitative estimate of drug-likeness (QED) is 0.742. The van der Waals surface area contributed by atoms with Crippen LogP contribution in [0.2, 0.25) is 0 Å². The molecule has 5 heteroatoms. The van der Waals surface area contributed by atoms with Crippen molar-refractivity contribution in [2.45, 2.75) is 6.92 Å². The first-order chi connectivity index (χ1) is 9.29. The molecular formula is C14H13N3OS. The van der Waals surface area contributed by atoms with E-state index in [-0.39, 0.29) is 0 Å². The van der Waals surface area contributed by atoms with E-state index in [4.69, 9.17) is 17.0 Å². The van der Waals surface area contributed by atoms with Crippen molar-refractivity contribution in [3.63, 3.8) is 0 Å². The van der Waals surface area contributed by atoms with Crippen LogP contribution in [0.25, 0.3) is 16.9 Å². The minimum absolute atomic E-state index is 0.627. The minimum atomic E-state index is 0.627. The molecule has 3 aromatic rings. The van der Waals surface area contributed by atoms with E-state index < -0.39 is 0 Å². The summed E-state index contributed by atoms with van der Waals surface area (Å²) in [7, 11) is 0. The Labute approximate surface area is 115 Å². The maximum absolute atomic E-state index is 5.52. The molecule has 96 valence electrons. The Morgan fingerprint density at radius 1 is 1.32 bits per heavy atom. The van der Waals surface area contributed by atoms with Gasteiger partial charge >= 0.3 is 0 Å². The first kappa shape index (κ1) is 11.9. The number of fused-ring (bicyclic) bond motifs is 1. The normalized spacial score (nSPS) is 10.8. The highest BCUT2D eigenvalue weighted by molar-refractivity contribution is 7.71. The summed E-state index contributed by atoms with van der Waals surface area (Å²) in [6, 6.07) is 11.7. The summed E-state index contributed by atoms with van der Waals surface area (Å²) >= 11 is 5.37. The summed E-state index contributed by atoms with van der Waals surface area (Å²) in [6.07, 6.45) is 1.76. The number of hydrogen-bond donors (Lipinski definition) is 1. The van der Waals surface area contributed by atoms with Crippen LogP contribution < -0.4 is 4.74 Å². The molecule has 0 saturated heterocycles.